The van der Waals surface area contributed by atoms with E-state index >= 15 is 0 Å². The predicted octanol–water partition coefficient (Wildman–Crippen LogP) is 2.99. The molecule has 0 radical (unpaired) electrons. The molecule has 1 atom stereocenters. The van der Waals surface area contributed by atoms with E-state index in [2.05, 4.69) is 15.5 Å². The highest BCUT2D eigenvalue weighted by Crippen LogP contribution is 2.27. The Bertz CT molecular complexity index is 853. The zero-order valence-electron chi connectivity index (χ0n) is 17.1. The maximum Gasteiger partial charge on any atom is 0.322 e. The van der Waals surface area contributed by atoms with E-state index in [0.717, 1.165) is 0 Å². The number of nitrogens with one attached hydrogen (secondary N) is 1. The van der Waals surface area contributed by atoms with Crippen molar-refractivity contribution >= 4 is 17.6 Å². The highest BCUT2D eigenvalue weighted by Gasteiger charge is 2.34. The average molecular weight is 401 g/mol. The molecule has 1 fully saturated rings. The lowest BCUT2D eigenvalue weighted by Gasteiger charge is -2.29. The number of aryl methyl sites for hydroxylation is 1. The quantitative estimate of drug-likeness (QED) is 0.827. The van der Waals surface area contributed by atoms with Crippen molar-refractivity contribution in [3.63, 3.8) is 0 Å². The molecule has 2 heterocycles. The van der Waals surface area contributed by atoms with E-state index in [9.17, 15) is 9.59 Å². The van der Waals surface area contributed by atoms with Crippen LogP contribution < -0.4 is 10.1 Å². The molecule has 1 aromatic carbocycles. The number of urea groups is 1. The monoisotopic (exact) mass is 401 g/mol. The summed E-state index contributed by atoms with van der Waals surface area (Å²) in [6, 6.07) is 6.57. The van der Waals surface area contributed by atoms with Crippen molar-refractivity contribution in [1.82, 2.24) is 19.9 Å². The number of hydrogen-bond donors (Lipinski definition) is 1. The van der Waals surface area contributed by atoms with E-state index in [1.165, 1.54) is 0 Å². The van der Waals surface area contributed by atoms with Crippen molar-refractivity contribution in [1.29, 1.82) is 0 Å². The molecule has 3 rings (SSSR count). The van der Waals surface area contributed by atoms with Crippen LogP contribution in [-0.4, -0.2) is 58.1 Å². The minimum Gasteiger partial charge on any atom is -0.492 e. The molecule has 1 unspecified atom stereocenters. The third kappa shape index (κ3) is 4.85. The van der Waals surface area contributed by atoms with Crippen molar-refractivity contribution in [3.8, 4) is 5.75 Å². The van der Waals surface area contributed by atoms with E-state index in [0.29, 0.717) is 55.7 Å². The van der Waals surface area contributed by atoms with E-state index < -0.39 is 6.04 Å². The van der Waals surface area contributed by atoms with Crippen LogP contribution in [0.1, 0.15) is 44.4 Å². The molecule has 1 aromatic heterocycles. The van der Waals surface area contributed by atoms with Gasteiger partial charge in [0.25, 0.3) is 5.89 Å². The number of anilines is 1. The fourth-order valence-electron chi connectivity index (χ4n) is 3.38. The van der Waals surface area contributed by atoms with Gasteiger partial charge >= 0.3 is 6.03 Å². The second-order valence-corrected chi connectivity index (χ2v) is 6.80. The second-order valence-electron chi connectivity index (χ2n) is 6.80. The summed E-state index contributed by atoms with van der Waals surface area (Å²) < 4.78 is 10.9. The number of carbonyl (C=O) groups is 2. The Kier molecular flexibility index (Phi) is 6.69. The number of benzene rings is 1. The lowest BCUT2D eigenvalue weighted by atomic mass is 10.2. The van der Waals surface area contributed by atoms with Crippen LogP contribution in [0, 0.1) is 6.92 Å². The Labute approximate surface area is 170 Å². The summed E-state index contributed by atoms with van der Waals surface area (Å²) in [5.41, 5.74) is 0.607. The standard InChI is InChI=1S/C20H27N5O4/c1-4-18(26)25-12-8-11-24(13-16(25)19-21-14(3)23-29-19)20(27)22-15-9-6-7-10-17(15)28-5-2/h6-7,9-10,16H,4-5,8,11-13H2,1-3H3,(H,22,27). The largest absolute Gasteiger partial charge is 0.492 e. The van der Waals surface area contributed by atoms with Gasteiger partial charge < -0.3 is 24.4 Å². The fraction of sp³-hybridized carbons (Fsp3) is 0.500. The van der Waals surface area contributed by atoms with Gasteiger partial charge in [0, 0.05) is 19.5 Å². The summed E-state index contributed by atoms with van der Waals surface area (Å²) in [4.78, 5) is 33.2. The SMILES string of the molecule is CCOc1ccccc1NC(=O)N1CCCN(C(=O)CC)C(c2nc(C)no2)C1. The molecule has 9 heteroatoms. The Morgan fingerprint density at radius 2 is 2.07 bits per heavy atom. The summed E-state index contributed by atoms with van der Waals surface area (Å²) in [6.45, 7) is 7.25. The fourth-order valence-corrected chi connectivity index (χ4v) is 3.38. The number of hydrogen-bond acceptors (Lipinski definition) is 6. The summed E-state index contributed by atoms with van der Waals surface area (Å²) in [5.74, 6) is 1.45. The molecule has 9 nitrogen and oxygen atoms in total. The van der Waals surface area contributed by atoms with Crippen molar-refractivity contribution in [3.05, 3.63) is 36.0 Å². The van der Waals surface area contributed by atoms with Gasteiger partial charge in [0.05, 0.1) is 18.8 Å². The van der Waals surface area contributed by atoms with Crippen molar-refractivity contribution in [2.75, 3.05) is 31.6 Å². The first-order valence-corrected chi connectivity index (χ1v) is 9.90. The van der Waals surface area contributed by atoms with E-state index in [-0.39, 0.29) is 18.5 Å². The number of rotatable bonds is 5. The minimum atomic E-state index is -0.473. The third-order valence-electron chi connectivity index (χ3n) is 4.76. The van der Waals surface area contributed by atoms with Crippen LogP contribution in [0.4, 0.5) is 10.5 Å². The van der Waals surface area contributed by atoms with Crippen molar-refractivity contribution < 1.29 is 18.8 Å². The second kappa shape index (κ2) is 9.40. The van der Waals surface area contributed by atoms with Gasteiger partial charge in [-0.1, -0.05) is 24.2 Å². The Balaban J connectivity index is 1.81. The van der Waals surface area contributed by atoms with Crippen LogP contribution in [0.15, 0.2) is 28.8 Å². The van der Waals surface area contributed by atoms with Crippen LogP contribution in [0.5, 0.6) is 5.75 Å². The molecule has 1 saturated heterocycles. The highest BCUT2D eigenvalue weighted by molar-refractivity contribution is 5.91. The van der Waals surface area contributed by atoms with Crippen LogP contribution >= 0.6 is 0 Å². The van der Waals surface area contributed by atoms with Gasteiger partial charge in [-0.15, -0.1) is 0 Å². The number of carbonyl (C=O) groups excluding carboxylic acids is 2. The molecule has 0 aliphatic carbocycles. The van der Waals surface area contributed by atoms with E-state index in [1.54, 1.807) is 22.8 Å². The zero-order chi connectivity index (χ0) is 20.8. The molecule has 1 aliphatic heterocycles. The van der Waals surface area contributed by atoms with Gasteiger partial charge in [-0.2, -0.15) is 4.98 Å². The van der Waals surface area contributed by atoms with Crippen LogP contribution in [0.2, 0.25) is 0 Å². The highest BCUT2D eigenvalue weighted by atomic mass is 16.5. The number of nitrogens with zero attached hydrogens (tertiary/aromatic N) is 4. The third-order valence-corrected chi connectivity index (χ3v) is 4.76. The molecule has 1 N–H and O–H groups in total. The molecule has 2 aromatic rings. The average Bonchev–Trinajstić information content (AvgIpc) is 3.02. The molecular weight excluding hydrogens is 374 g/mol. The Hall–Kier alpha value is -3.10. The topological polar surface area (TPSA) is 101 Å². The van der Waals surface area contributed by atoms with Crippen LogP contribution in [0.3, 0.4) is 0 Å². The molecule has 3 amide bonds. The number of aromatic nitrogens is 2. The Morgan fingerprint density at radius 1 is 1.28 bits per heavy atom. The minimum absolute atomic E-state index is 0.00481. The first-order valence-electron chi connectivity index (χ1n) is 9.90. The molecular formula is C20H27N5O4. The maximum absolute atomic E-state index is 13.0. The zero-order valence-corrected chi connectivity index (χ0v) is 17.1. The van der Waals surface area contributed by atoms with Gasteiger partial charge in [-0.3, -0.25) is 4.79 Å². The van der Waals surface area contributed by atoms with Crippen LogP contribution in [-0.2, 0) is 4.79 Å². The summed E-state index contributed by atoms with van der Waals surface area (Å²) in [6.07, 6.45) is 1.04. The molecule has 0 bridgehead atoms. The Morgan fingerprint density at radius 3 is 2.76 bits per heavy atom. The maximum atomic E-state index is 13.0. The lowest BCUT2D eigenvalue weighted by Crippen LogP contribution is -2.41. The molecule has 156 valence electrons. The van der Waals surface area contributed by atoms with Crippen molar-refractivity contribution in [2.45, 2.75) is 39.7 Å². The predicted molar refractivity (Wildman–Crippen MR) is 107 cm³/mol. The summed E-state index contributed by atoms with van der Waals surface area (Å²) in [5, 5.41) is 6.77. The van der Waals surface area contributed by atoms with Gasteiger partial charge in [-0.05, 0) is 32.4 Å². The molecule has 0 spiro atoms. The normalized spacial score (nSPS) is 17.0. The lowest BCUT2D eigenvalue weighted by molar-refractivity contribution is -0.133. The summed E-state index contributed by atoms with van der Waals surface area (Å²) >= 11 is 0. The van der Waals surface area contributed by atoms with Gasteiger partial charge in [-0.25, -0.2) is 4.79 Å². The molecule has 1 aliphatic rings. The number of amides is 3. The smallest absolute Gasteiger partial charge is 0.322 e. The van der Waals surface area contributed by atoms with E-state index in [1.807, 2.05) is 32.0 Å². The number of para-hydroxylation sites is 2. The first-order chi connectivity index (χ1) is 14.0. The number of ether oxygens (including phenoxy) is 1. The van der Waals surface area contributed by atoms with Gasteiger partial charge in [0.1, 0.15) is 11.8 Å². The molecule has 29 heavy (non-hydrogen) atoms. The molecule has 0 saturated carbocycles. The summed E-state index contributed by atoms with van der Waals surface area (Å²) in [7, 11) is 0. The van der Waals surface area contributed by atoms with E-state index in [4.69, 9.17) is 9.26 Å². The van der Waals surface area contributed by atoms with Gasteiger partial charge in [0.15, 0.2) is 5.82 Å². The van der Waals surface area contributed by atoms with Gasteiger partial charge in [0.2, 0.25) is 5.91 Å². The first kappa shape index (κ1) is 20.6. The van der Waals surface area contributed by atoms with Crippen LogP contribution in [0.25, 0.3) is 0 Å². The van der Waals surface area contributed by atoms with Crippen molar-refractivity contribution in [2.24, 2.45) is 0 Å².